The van der Waals surface area contributed by atoms with Crippen molar-refractivity contribution in [3.05, 3.63) is 124 Å². The number of para-hydroxylation sites is 1. The average molecular weight is 545 g/mol. The lowest BCUT2D eigenvalue weighted by molar-refractivity contribution is -0.126. The fourth-order valence-electron chi connectivity index (χ4n) is 4.98. The van der Waals surface area contributed by atoms with Crippen molar-refractivity contribution in [2.45, 2.75) is 18.8 Å². The van der Waals surface area contributed by atoms with E-state index in [0.29, 0.717) is 28.1 Å². The van der Waals surface area contributed by atoms with Gasteiger partial charge in [-0.25, -0.2) is 9.96 Å². The second-order valence-electron chi connectivity index (χ2n) is 9.14. The normalized spacial score (nSPS) is 20.6. The molecule has 38 heavy (non-hydrogen) atoms. The van der Waals surface area contributed by atoms with Gasteiger partial charge in [-0.2, -0.15) is 0 Å². The van der Waals surface area contributed by atoms with Crippen LogP contribution in [0.5, 0.6) is 5.75 Å². The first kappa shape index (κ1) is 24.5. The summed E-state index contributed by atoms with van der Waals surface area (Å²) in [4.78, 5) is 34.6. The number of amides is 2. The molecule has 2 amide bonds. The van der Waals surface area contributed by atoms with E-state index in [4.69, 9.17) is 32.8 Å². The highest BCUT2D eigenvalue weighted by atomic mass is 35.5. The van der Waals surface area contributed by atoms with Crippen LogP contribution in [0.1, 0.15) is 17.2 Å². The molecule has 0 saturated carbocycles. The Hall–Kier alpha value is -3.84. The molecule has 0 aromatic heterocycles. The van der Waals surface area contributed by atoms with Gasteiger partial charge in [-0.15, -0.1) is 0 Å². The first-order chi connectivity index (χ1) is 18.5. The van der Waals surface area contributed by atoms with Crippen molar-refractivity contribution in [1.82, 2.24) is 0 Å². The number of fused-ring (bicyclic) bond motifs is 1. The summed E-state index contributed by atoms with van der Waals surface area (Å²) >= 11 is 12.3. The van der Waals surface area contributed by atoms with Crippen LogP contribution in [0.3, 0.4) is 0 Å². The average Bonchev–Trinajstić information content (AvgIpc) is 3.44. The van der Waals surface area contributed by atoms with Crippen LogP contribution >= 0.6 is 23.2 Å². The smallest absolute Gasteiger partial charge is 0.266 e. The minimum atomic E-state index is -0.987. The largest absolute Gasteiger partial charge is 0.489 e. The lowest BCUT2D eigenvalue weighted by atomic mass is 9.90. The molecule has 2 heterocycles. The number of imide groups is 1. The van der Waals surface area contributed by atoms with Crippen LogP contribution in [0.2, 0.25) is 10.0 Å². The number of halogens is 2. The highest BCUT2D eigenvalue weighted by Crippen LogP contribution is 2.48. The Balaban J connectivity index is 1.32. The quantitative estimate of drug-likeness (QED) is 0.255. The number of anilines is 2. The predicted octanol–water partition coefficient (Wildman–Crippen LogP) is 6.62. The SMILES string of the molecule is O=C1[C@H]2[C@H](ON(c3ccccc3)[C@H]2c2ccc(OCc3ccccc3)cc2)C(=O)N1c1cc(Cl)cc(Cl)c1. The highest BCUT2D eigenvalue weighted by Gasteiger charge is 2.60. The Kier molecular flexibility index (Phi) is 6.54. The summed E-state index contributed by atoms with van der Waals surface area (Å²) in [6.45, 7) is 0.442. The number of hydroxylamine groups is 1. The zero-order valence-corrected chi connectivity index (χ0v) is 21.5. The zero-order chi connectivity index (χ0) is 26.2. The number of benzene rings is 4. The third kappa shape index (κ3) is 4.52. The standard InChI is InChI=1S/C30H22Cl2N2O4/c31-21-15-22(32)17-24(16-21)33-29(35)26-27(34(38-28(26)30(33)36)23-9-5-2-6-10-23)20-11-13-25(14-12-20)37-18-19-7-3-1-4-8-19/h1-17,26-28H,18H2/t26-,27+,28+/m1/s1. The van der Waals surface area contributed by atoms with Crippen LogP contribution in [-0.2, 0) is 21.0 Å². The van der Waals surface area contributed by atoms with Gasteiger partial charge in [-0.3, -0.25) is 14.4 Å². The van der Waals surface area contributed by atoms with Gasteiger partial charge < -0.3 is 4.74 Å². The Morgan fingerprint density at radius 2 is 1.37 bits per heavy atom. The Bertz CT molecular complexity index is 1460. The molecular weight excluding hydrogens is 523 g/mol. The van der Waals surface area contributed by atoms with Gasteiger partial charge >= 0.3 is 0 Å². The summed E-state index contributed by atoms with van der Waals surface area (Å²) in [7, 11) is 0. The van der Waals surface area contributed by atoms with Crippen molar-refractivity contribution in [2.24, 2.45) is 5.92 Å². The lowest BCUT2D eigenvalue weighted by Crippen LogP contribution is -2.37. The molecule has 6 rings (SSSR count). The Labute approximate surface area is 229 Å². The molecule has 2 aliphatic rings. The van der Waals surface area contributed by atoms with E-state index in [1.807, 2.05) is 84.9 Å². The fourth-order valence-corrected chi connectivity index (χ4v) is 5.49. The third-order valence-electron chi connectivity index (χ3n) is 6.70. The number of ether oxygens (including phenoxy) is 1. The molecule has 0 unspecified atom stereocenters. The number of rotatable bonds is 6. The molecule has 8 heteroatoms. The predicted molar refractivity (Wildman–Crippen MR) is 146 cm³/mol. The Morgan fingerprint density at radius 3 is 2.03 bits per heavy atom. The van der Waals surface area contributed by atoms with Crippen LogP contribution in [0.4, 0.5) is 11.4 Å². The second-order valence-corrected chi connectivity index (χ2v) is 10.0. The van der Waals surface area contributed by atoms with Gasteiger partial charge in [0.05, 0.1) is 17.4 Å². The molecule has 0 spiro atoms. The van der Waals surface area contributed by atoms with Crippen molar-refractivity contribution in [3.63, 3.8) is 0 Å². The topological polar surface area (TPSA) is 59.1 Å². The number of hydrogen-bond donors (Lipinski definition) is 0. The van der Waals surface area contributed by atoms with Crippen molar-refractivity contribution in [3.8, 4) is 5.75 Å². The molecule has 6 nitrogen and oxygen atoms in total. The van der Waals surface area contributed by atoms with E-state index >= 15 is 0 Å². The molecule has 2 aliphatic heterocycles. The second kappa shape index (κ2) is 10.1. The summed E-state index contributed by atoms with van der Waals surface area (Å²) in [6, 6.07) is 31.0. The van der Waals surface area contributed by atoms with Crippen LogP contribution in [0.25, 0.3) is 0 Å². The molecule has 4 aromatic rings. The lowest BCUT2D eigenvalue weighted by Gasteiger charge is -2.29. The summed E-state index contributed by atoms with van der Waals surface area (Å²) in [6.07, 6.45) is -0.987. The fraction of sp³-hybridized carbons (Fsp3) is 0.133. The molecule has 3 atom stereocenters. The third-order valence-corrected chi connectivity index (χ3v) is 7.14. The molecule has 0 radical (unpaired) electrons. The van der Waals surface area contributed by atoms with Crippen LogP contribution in [0, 0.1) is 5.92 Å². The minimum absolute atomic E-state index is 0.324. The summed E-state index contributed by atoms with van der Waals surface area (Å²) in [5, 5.41) is 2.33. The van der Waals surface area contributed by atoms with Crippen LogP contribution in [-0.4, -0.2) is 17.9 Å². The van der Waals surface area contributed by atoms with E-state index in [9.17, 15) is 9.59 Å². The zero-order valence-electron chi connectivity index (χ0n) is 20.0. The van der Waals surface area contributed by atoms with Crippen molar-refractivity contribution >= 4 is 46.4 Å². The van der Waals surface area contributed by atoms with Gasteiger partial charge in [0, 0.05) is 10.0 Å². The van der Waals surface area contributed by atoms with Gasteiger partial charge in [-0.05, 0) is 53.6 Å². The number of carbonyl (C=O) groups excluding carboxylic acids is 2. The maximum Gasteiger partial charge on any atom is 0.266 e. The van der Waals surface area contributed by atoms with E-state index in [0.717, 1.165) is 21.7 Å². The molecule has 0 N–H and O–H groups in total. The van der Waals surface area contributed by atoms with E-state index in [1.165, 1.54) is 0 Å². The molecule has 4 aromatic carbocycles. The van der Waals surface area contributed by atoms with Gasteiger partial charge in [-0.1, -0.05) is 83.9 Å². The van der Waals surface area contributed by atoms with Gasteiger partial charge in [0.1, 0.15) is 18.3 Å². The number of carbonyl (C=O) groups is 2. The van der Waals surface area contributed by atoms with Gasteiger partial charge in [0.25, 0.3) is 5.91 Å². The summed E-state index contributed by atoms with van der Waals surface area (Å²) in [5.41, 5.74) is 2.95. The number of nitrogens with zero attached hydrogens (tertiary/aromatic N) is 2. The molecule has 0 bridgehead atoms. The van der Waals surface area contributed by atoms with E-state index < -0.39 is 24.0 Å². The van der Waals surface area contributed by atoms with Crippen molar-refractivity contribution < 1.29 is 19.2 Å². The molecule has 190 valence electrons. The Morgan fingerprint density at radius 1 is 0.737 bits per heavy atom. The van der Waals surface area contributed by atoms with Crippen molar-refractivity contribution in [1.29, 1.82) is 0 Å². The van der Waals surface area contributed by atoms with Crippen molar-refractivity contribution in [2.75, 3.05) is 9.96 Å². The van der Waals surface area contributed by atoms with Crippen LogP contribution < -0.4 is 14.7 Å². The maximum atomic E-state index is 13.8. The maximum absolute atomic E-state index is 13.8. The molecule has 2 fully saturated rings. The first-order valence-corrected chi connectivity index (χ1v) is 12.9. The molecule has 0 aliphatic carbocycles. The minimum Gasteiger partial charge on any atom is -0.489 e. The summed E-state index contributed by atoms with van der Waals surface area (Å²) < 4.78 is 5.94. The van der Waals surface area contributed by atoms with E-state index in [2.05, 4.69) is 0 Å². The van der Waals surface area contributed by atoms with E-state index in [-0.39, 0.29) is 5.91 Å². The molecular formula is C30H22Cl2N2O4. The van der Waals surface area contributed by atoms with E-state index in [1.54, 1.807) is 23.3 Å². The highest BCUT2D eigenvalue weighted by molar-refractivity contribution is 6.35. The monoisotopic (exact) mass is 544 g/mol. The van der Waals surface area contributed by atoms with Crippen LogP contribution in [0.15, 0.2) is 103 Å². The molecule has 2 saturated heterocycles. The first-order valence-electron chi connectivity index (χ1n) is 12.1. The van der Waals surface area contributed by atoms with Gasteiger partial charge in [0.15, 0.2) is 6.10 Å². The summed E-state index contributed by atoms with van der Waals surface area (Å²) in [5.74, 6) is -0.893. The van der Waals surface area contributed by atoms with Gasteiger partial charge in [0.2, 0.25) is 5.91 Å². The number of hydrogen-bond acceptors (Lipinski definition) is 5.